The van der Waals surface area contributed by atoms with Crippen LogP contribution < -0.4 is 10.1 Å². The van der Waals surface area contributed by atoms with Crippen LogP contribution in [-0.2, 0) is 0 Å². The standard InChI is InChI=1S/C30H34N2O3/c1-20(2)32-16-14-23(15-17-32)28-19-27(12-13-29(28)35-4)31-30(34)24-10-8-22(9-11-24)26-7-5-6-25(18-26)21(3)33/h5-13,18-20,23H,14-17H2,1-4H3,(H,31,34). The highest BCUT2D eigenvalue weighted by atomic mass is 16.5. The van der Waals surface area contributed by atoms with Crippen LogP contribution in [0.15, 0.2) is 66.7 Å². The first kappa shape index (κ1) is 24.7. The molecule has 1 fully saturated rings. The summed E-state index contributed by atoms with van der Waals surface area (Å²) in [5, 5.41) is 3.05. The summed E-state index contributed by atoms with van der Waals surface area (Å²) in [6.07, 6.45) is 2.16. The van der Waals surface area contributed by atoms with E-state index in [1.165, 1.54) is 0 Å². The van der Waals surface area contributed by atoms with Gasteiger partial charge >= 0.3 is 0 Å². The third-order valence-electron chi connectivity index (χ3n) is 6.94. The van der Waals surface area contributed by atoms with Crippen molar-refractivity contribution in [3.63, 3.8) is 0 Å². The summed E-state index contributed by atoms with van der Waals surface area (Å²) in [4.78, 5) is 27.2. The molecule has 1 N–H and O–H groups in total. The SMILES string of the molecule is COc1ccc(NC(=O)c2ccc(-c3cccc(C(C)=O)c3)cc2)cc1C1CCN(C(C)C)CC1. The molecule has 1 aliphatic rings. The molecule has 0 aliphatic carbocycles. The summed E-state index contributed by atoms with van der Waals surface area (Å²) in [5.41, 5.74) is 5.11. The predicted octanol–water partition coefficient (Wildman–Crippen LogP) is 6.40. The lowest BCUT2D eigenvalue weighted by Gasteiger charge is -2.35. The van der Waals surface area contributed by atoms with E-state index in [0.717, 1.165) is 54.1 Å². The topological polar surface area (TPSA) is 58.6 Å². The number of ketones is 1. The number of rotatable bonds is 7. The Balaban J connectivity index is 1.47. The van der Waals surface area contributed by atoms with Crippen molar-refractivity contribution in [1.82, 2.24) is 4.90 Å². The highest BCUT2D eigenvalue weighted by molar-refractivity contribution is 6.04. The van der Waals surface area contributed by atoms with E-state index in [1.54, 1.807) is 14.0 Å². The first-order chi connectivity index (χ1) is 16.9. The van der Waals surface area contributed by atoms with Gasteiger partial charge in [-0.1, -0.05) is 30.3 Å². The highest BCUT2D eigenvalue weighted by Crippen LogP contribution is 2.36. The molecule has 5 heteroatoms. The zero-order valence-electron chi connectivity index (χ0n) is 21.0. The highest BCUT2D eigenvalue weighted by Gasteiger charge is 2.24. The van der Waals surface area contributed by atoms with Crippen LogP contribution in [0.2, 0.25) is 0 Å². The number of nitrogens with one attached hydrogen (secondary N) is 1. The lowest BCUT2D eigenvalue weighted by molar-refractivity contribution is 0.101. The number of carbonyl (C=O) groups excluding carboxylic acids is 2. The van der Waals surface area contributed by atoms with Crippen molar-refractivity contribution in [3.05, 3.63) is 83.4 Å². The van der Waals surface area contributed by atoms with Gasteiger partial charge in [-0.25, -0.2) is 0 Å². The molecule has 0 aromatic heterocycles. The van der Waals surface area contributed by atoms with E-state index in [2.05, 4.69) is 30.1 Å². The van der Waals surface area contributed by atoms with E-state index in [4.69, 9.17) is 4.74 Å². The molecule has 0 unspecified atom stereocenters. The van der Waals surface area contributed by atoms with Gasteiger partial charge < -0.3 is 15.0 Å². The zero-order chi connectivity index (χ0) is 24.9. The predicted molar refractivity (Wildman–Crippen MR) is 142 cm³/mol. The molecule has 1 heterocycles. The summed E-state index contributed by atoms with van der Waals surface area (Å²) in [5.74, 6) is 1.18. The summed E-state index contributed by atoms with van der Waals surface area (Å²) < 4.78 is 5.65. The molecular weight excluding hydrogens is 436 g/mol. The van der Waals surface area contributed by atoms with Crippen molar-refractivity contribution < 1.29 is 14.3 Å². The Morgan fingerprint density at radius 2 is 1.63 bits per heavy atom. The Bertz CT molecular complexity index is 1190. The number of nitrogens with zero attached hydrogens (tertiary/aromatic N) is 1. The first-order valence-corrected chi connectivity index (χ1v) is 12.3. The van der Waals surface area contributed by atoms with Crippen LogP contribution >= 0.6 is 0 Å². The minimum absolute atomic E-state index is 0.0344. The molecule has 1 amide bonds. The fourth-order valence-corrected chi connectivity index (χ4v) is 4.79. The summed E-state index contributed by atoms with van der Waals surface area (Å²) in [6, 6.07) is 21.5. The Kier molecular flexibility index (Phi) is 7.67. The summed E-state index contributed by atoms with van der Waals surface area (Å²) in [6.45, 7) is 8.19. The second kappa shape index (κ2) is 10.9. The van der Waals surface area contributed by atoms with Gasteiger partial charge in [0.25, 0.3) is 5.91 Å². The largest absolute Gasteiger partial charge is 0.496 e. The Morgan fingerprint density at radius 1 is 0.914 bits per heavy atom. The van der Waals surface area contributed by atoms with Gasteiger partial charge in [0.15, 0.2) is 5.78 Å². The van der Waals surface area contributed by atoms with Gasteiger partial charge in [-0.2, -0.15) is 0 Å². The van der Waals surface area contributed by atoms with Gasteiger partial charge in [-0.3, -0.25) is 9.59 Å². The molecule has 0 radical (unpaired) electrons. The molecule has 182 valence electrons. The van der Waals surface area contributed by atoms with Crippen molar-refractivity contribution in [2.24, 2.45) is 0 Å². The molecule has 3 aromatic rings. The average molecular weight is 471 g/mol. The van der Waals surface area contributed by atoms with Crippen molar-refractivity contribution >= 4 is 17.4 Å². The maximum Gasteiger partial charge on any atom is 0.255 e. The number of likely N-dealkylation sites (tertiary alicyclic amines) is 1. The Hall–Kier alpha value is -3.44. The maximum absolute atomic E-state index is 13.0. The molecule has 0 atom stereocenters. The van der Waals surface area contributed by atoms with Crippen molar-refractivity contribution in [1.29, 1.82) is 0 Å². The molecule has 0 spiro atoms. The first-order valence-electron chi connectivity index (χ1n) is 12.3. The number of carbonyl (C=O) groups is 2. The number of piperidine rings is 1. The van der Waals surface area contributed by atoms with E-state index in [9.17, 15) is 9.59 Å². The number of amides is 1. The monoisotopic (exact) mass is 470 g/mol. The van der Waals surface area contributed by atoms with Crippen LogP contribution in [0, 0.1) is 0 Å². The minimum Gasteiger partial charge on any atom is -0.496 e. The number of ether oxygens (including phenoxy) is 1. The van der Waals surface area contributed by atoms with Crippen molar-refractivity contribution in [3.8, 4) is 16.9 Å². The van der Waals surface area contributed by atoms with Gasteiger partial charge in [0.1, 0.15) is 5.75 Å². The van der Waals surface area contributed by atoms with Crippen LogP contribution in [0.4, 0.5) is 5.69 Å². The second-order valence-corrected chi connectivity index (χ2v) is 9.53. The molecule has 1 aliphatic heterocycles. The van der Waals surface area contributed by atoms with Crippen LogP contribution in [0.1, 0.15) is 65.8 Å². The van der Waals surface area contributed by atoms with E-state index >= 15 is 0 Å². The molecular formula is C30H34N2O3. The normalized spacial score (nSPS) is 14.7. The smallest absolute Gasteiger partial charge is 0.255 e. The minimum atomic E-state index is -0.153. The number of hydrogen-bond acceptors (Lipinski definition) is 4. The van der Waals surface area contributed by atoms with Crippen molar-refractivity contribution in [2.75, 3.05) is 25.5 Å². The molecule has 35 heavy (non-hydrogen) atoms. The molecule has 0 saturated carbocycles. The van der Waals surface area contributed by atoms with Crippen LogP contribution in [0.5, 0.6) is 5.75 Å². The van der Waals surface area contributed by atoms with E-state index < -0.39 is 0 Å². The van der Waals surface area contributed by atoms with E-state index in [-0.39, 0.29) is 11.7 Å². The van der Waals surface area contributed by atoms with Gasteiger partial charge in [0, 0.05) is 22.9 Å². The third kappa shape index (κ3) is 5.80. The van der Waals surface area contributed by atoms with Crippen LogP contribution in [0.25, 0.3) is 11.1 Å². The van der Waals surface area contributed by atoms with Gasteiger partial charge in [-0.05, 0) is 106 Å². The zero-order valence-corrected chi connectivity index (χ0v) is 21.0. The number of benzene rings is 3. The van der Waals surface area contributed by atoms with Gasteiger partial charge in [-0.15, -0.1) is 0 Å². The van der Waals surface area contributed by atoms with Crippen molar-refractivity contribution in [2.45, 2.75) is 45.6 Å². The second-order valence-electron chi connectivity index (χ2n) is 9.53. The molecule has 5 nitrogen and oxygen atoms in total. The number of hydrogen-bond donors (Lipinski definition) is 1. The van der Waals surface area contributed by atoms with Crippen LogP contribution in [-0.4, -0.2) is 42.8 Å². The number of methoxy groups -OCH3 is 1. The lowest BCUT2D eigenvalue weighted by Crippen LogP contribution is -2.37. The maximum atomic E-state index is 13.0. The fourth-order valence-electron chi connectivity index (χ4n) is 4.79. The third-order valence-corrected chi connectivity index (χ3v) is 6.94. The number of anilines is 1. The molecule has 3 aromatic carbocycles. The molecule has 4 rings (SSSR count). The quantitative estimate of drug-likeness (QED) is 0.406. The van der Waals surface area contributed by atoms with Gasteiger partial charge in [0.05, 0.1) is 7.11 Å². The fraction of sp³-hybridized carbons (Fsp3) is 0.333. The van der Waals surface area contributed by atoms with Crippen LogP contribution in [0.3, 0.4) is 0 Å². The van der Waals surface area contributed by atoms with E-state index in [0.29, 0.717) is 23.1 Å². The summed E-state index contributed by atoms with van der Waals surface area (Å²) in [7, 11) is 1.70. The Morgan fingerprint density at radius 3 is 2.26 bits per heavy atom. The molecule has 1 saturated heterocycles. The summed E-state index contributed by atoms with van der Waals surface area (Å²) >= 11 is 0. The van der Waals surface area contributed by atoms with Gasteiger partial charge in [0.2, 0.25) is 0 Å². The number of Topliss-reactive ketones (excluding diaryl/α,β-unsaturated/α-hetero) is 1. The van der Waals surface area contributed by atoms with E-state index in [1.807, 2.05) is 60.7 Å². The lowest BCUT2D eigenvalue weighted by atomic mass is 9.88. The molecule has 0 bridgehead atoms. The Labute approximate surface area is 208 Å². The average Bonchev–Trinajstić information content (AvgIpc) is 2.89.